The summed E-state index contributed by atoms with van der Waals surface area (Å²) in [6.07, 6.45) is 1.26. The third kappa shape index (κ3) is 6.93. The third-order valence-corrected chi connectivity index (χ3v) is 6.17. The summed E-state index contributed by atoms with van der Waals surface area (Å²) in [7, 11) is -3.90. The Balaban J connectivity index is 2.42. The lowest BCUT2D eigenvalue weighted by molar-refractivity contribution is -0.140. The lowest BCUT2D eigenvalue weighted by Crippen LogP contribution is -2.52. The van der Waals surface area contributed by atoms with Gasteiger partial charge in [0.1, 0.15) is 18.4 Å². The fourth-order valence-electron chi connectivity index (χ4n) is 3.24. The van der Waals surface area contributed by atoms with Crippen LogP contribution in [0.5, 0.6) is 0 Å². The Hall–Kier alpha value is -2.65. The van der Waals surface area contributed by atoms with Crippen molar-refractivity contribution in [2.24, 2.45) is 0 Å². The second-order valence-corrected chi connectivity index (χ2v) is 9.56. The summed E-state index contributed by atoms with van der Waals surface area (Å²) in [5.74, 6) is -1.56. The van der Waals surface area contributed by atoms with Gasteiger partial charge in [-0.05, 0) is 49.2 Å². The molecule has 32 heavy (non-hydrogen) atoms. The van der Waals surface area contributed by atoms with Gasteiger partial charge in [-0.25, -0.2) is 12.8 Å². The van der Waals surface area contributed by atoms with Gasteiger partial charge in [-0.3, -0.25) is 13.9 Å². The van der Waals surface area contributed by atoms with Crippen molar-refractivity contribution in [1.29, 1.82) is 0 Å². The number of rotatable bonds is 10. The molecule has 0 saturated carbocycles. The van der Waals surface area contributed by atoms with Crippen molar-refractivity contribution in [2.75, 3.05) is 23.7 Å². The molecule has 0 aliphatic rings. The van der Waals surface area contributed by atoms with E-state index in [1.54, 1.807) is 38.1 Å². The van der Waals surface area contributed by atoms with Crippen LogP contribution in [0.1, 0.15) is 25.8 Å². The van der Waals surface area contributed by atoms with Crippen molar-refractivity contribution in [3.63, 3.8) is 0 Å². The number of hydrogen-bond acceptors (Lipinski definition) is 4. The molecule has 7 nitrogen and oxygen atoms in total. The van der Waals surface area contributed by atoms with Gasteiger partial charge in [0.15, 0.2) is 0 Å². The Morgan fingerprint density at radius 2 is 1.78 bits per heavy atom. The molecule has 2 amide bonds. The highest BCUT2D eigenvalue weighted by Gasteiger charge is 2.31. The second kappa shape index (κ2) is 11.3. The molecule has 0 radical (unpaired) electrons. The zero-order valence-electron chi connectivity index (χ0n) is 18.2. The summed E-state index contributed by atoms with van der Waals surface area (Å²) in [4.78, 5) is 27.4. The molecule has 0 unspecified atom stereocenters. The number of sulfonamides is 1. The monoisotopic (exact) mass is 483 g/mol. The van der Waals surface area contributed by atoms with Gasteiger partial charge < -0.3 is 10.2 Å². The first kappa shape index (κ1) is 25.6. The van der Waals surface area contributed by atoms with Crippen LogP contribution in [0.3, 0.4) is 0 Å². The third-order valence-electron chi connectivity index (χ3n) is 4.78. The molecule has 0 aliphatic carbocycles. The van der Waals surface area contributed by atoms with E-state index in [-0.39, 0.29) is 18.1 Å². The molecule has 0 aliphatic heterocycles. The van der Waals surface area contributed by atoms with E-state index in [0.29, 0.717) is 18.0 Å². The van der Waals surface area contributed by atoms with Crippen molar-refractivity contribution in [2.45, 2.75) is 32.9 Å². The maximum absolute atomic E-state index is 13.7. The highest BCUT2D eigenvalue weighted by atomic mass is 35.5. The lowest BCUT2D eigenvalue weighted by Gasteiger charge is -2.32. The molecule has 1 N–H and O–H groups in total. The largest absolute Gasteiger partial charge is 0.355 e. The molecule has 2 aromatic rings. The molecule has 174 valence electrons. The minimum Gasteiger partial charge on any atom is -0.355 e. The topological polar surface area (TPSA) is 86.8 Å². The summed E-state index contributed by atoms with van der Waals surface area (Å²) in [6.45, 7) is 3.42. The van der Waals surface area contributed by atoms with E-state index < -0.39 is 34.3 Å². The van der Waals surface area contributed by atoms with Gasteiger partial charge in [-0.2, -0.15) is 0 Å². The summed E-state index contributed by atoms with van der Waals surface area (Å²) in [5, 5.41) is 3.24. The second-order valence-electron chi connectivity index (χ2n) is 7.22. The van der Waals surface area contributed by atoms with E-state index in [1.807, 2.05) is 0 Å². The number of nitrogens with zero attached hydrogens (tertiary/aromatic N) is 2. The van der Waals surface area contributed by atoms with E-state index in [9.17, 15) is 22.4 Å². The van der Waals surface area contributed by atoms with E-state index in [2.05, 4.69) is 5.32 Å². The molecule has 1 atom stereocenters. The molecule has 2 aromatic carbocycles. The zero-order chi connectivity index (χ0) is 23.9. The van der Waals surface area contributed by atoms with Crippen molar-refractivity contribution in [3.05, 3.63) is 64.9 Å². The average molecular weight is 484 g/mol. The number of anilines is 1. The van der Waals surface area contributed by atoms with Crippen molar-refractivity contribution in [3.8, 4) is 0 Å². The standard InChI is InChI=1S/C22H27ClFN3O4S/c1-4-20(22(29)25-5-2)26(14-16-9-11-17(23)12-10-16)21(28)15-27(32(3,30)31)19-8-6-7-18(24)13-19/h6-13,20H,4-5,14-15H2,1-3H3,(H,25,29)/t20-/m1/s1. The van der Waals surface area contributed by atoms with Gasteiger partial charge in [0.05, 0.1) is 11.9 Å². The molecule has 0 fully saturated rings. The maximum atomic E-state index is 13.7. The predicted octanol–water partition coefficient (Wildman–Crippen LogP) is 3.19. The van der Waals surface area contributed by atoms with Crippen molar-refractivity contribution >= 4 is 39.1 Å². The summed E-state index contributed by atoms with van der Waals surface area (Å²) in [5.41, 5.74) is 0.750. The van der Waals surface area contributed by atoms with Crippen LogP contribution in [-0.2, 0) is 26.2 Å². The summed E-state index contributed by atoms with van der Waals surface area (Å²) in [6, 6.07) is 11.0. The van der Waals surface area contributed by atoms with Crippen LogP contribution < -0.4 is 9.62 Å². The molecule has 2 rings (SSSR count). The number of carbonyl (C=O) groups excluding carboxylic acids is 2. The Bertz CT molecular complexity index is 1050. The predicted molar refractivity (Wildman–Crippen MR) is 123 cm³/mol. The Morgan fingerprint density at radius 1 is 1.12 bits per heavy atom. The highest BCUT2D eigenvalue weighted by molar-refractivity contribution is 7.92. The molecular weight excluding hydrogens is 457 g/mol. The Kier molecular flexibility index (Phi) is 9.03. The number of carbonyl (C=O) groups is 2. The minimum atomic E-state index is -3.90. The van der Waals surface area contributed by atoms with Gasteiger partial charge in [-0.15, -0.1) is 0 Å². The molecule has 0 heterocycles. The average Bonchev–Trinajstić information content (AvgIpc) is 2.72. The quantitative estimate of drug-likeness (QED) is 0.562. The molecule has 0 saturated heterocycles. The Morgan fingerprint density at radius 3 is 2.31 bits per heavy atom. The number of benzene rings is 2. The van der Waals surface area contributed by atoms with Crippen molar-refractivity contribution < 1.29 is 22.4 Å². The van der Waals surface area contributed by atoms with E-state index in [0.717, 1.165) is 22.2 Å². The molecular formula is C22H27ClFN3O4S. The number of nitrogens with one attached hydrogen (secondary N) is 1. The van der Waals surface area contributed by atoms with Crippen LogP contribution >= 0.6 is 11.6 Å². The first-order valence-electron chi connectivity index (χ1n) is 10.1. The lowest BCUT2D eigenvalue weighted by atomic mass is 10.1. The smallest absolute Gasteiger partial charge is 0.244 e. The summed E-state index contributed by atoms with van der Waals surface area (Å²) >= 11 is 5.94. The van der Waals surface area contributed by atoms with Gasteiger partial charge in [-0.1, -0.05) is 36.7 Å². The number of halogens is 2. The van der Waals surface area contributed by atoms with Crippen LogP contribution in [0.25, 0.3) is 0 Å². The number of likely N-dealkylation sites (N-methyl/N-ethyl adjacent to an activating group) is 1. The SMILES string of the molecule is CCNC(=O)[C@@H](CC)N(Cc1ccc(Cl)cc1)C(=O)CN(c1cccc(F)c1)S(C)(=O)=O. The summed E-state index contributed by atoms with van der Waals surface area (Å²) < 4.78 is 39.4. The van der Waals surface area contributed by atoms with E-state index >= 15 is 0 Å². The van der Waals surface area contributed by atoms with E-state index in [1.165, 1.54) is 23.1 Å². The van der Waals surface area contributed by atoms with E-state index in [4.69, 9.17) is 11.6 Å². The number of hydrogen-bond donors (Lipinski definition) is 1. The van der Waals surface area contributed by atoms with Crippen molar-refractivity contribution in [1.82, 2.24) is 10.2 Å². The van der Waals surface area contributed by atoms with Gasteiger partial charge >= 0.3 is 0 Å². The van der Waals surface area contributed by atoms with Crippen LogP contribution in [0.2, 0.25) is 5.02 Å². The zero-order valence-corrected chi connectivity index (χ0v) is 19.8. The molecule has 0 spiro atoms. The fraction of sp³-hybridized carbons (Fsp3) is 0.364. The van der Waals surface area contributed by atoms with Gasteiger partial charge in [0, 0.05) is 18.1 Å². The molecule has 0 aromatic heterocycles. The Labute approximate surface area is 193 Å². The highest BCUT2D eigenvalue weighted by Crippen LogP contribution is 2.21. The first-order valence-corrected chi connectivity index (χ1v) is 12.3. The van der Waals surface area contributed by atoms with Crippen LogP contribution in [0.15, 0.2) is 48.5 Å². The molecule has 10 heteroatoms. The van der Waals surface area contributed by atoms with Crippen LogP contribution in [0, 0.1) is 5.82 Å². The molecule has 0 bridgehead atoms. The van der Waals surface area contributed by atoms with Crippen LogP contribution in [0.4, 0.5) is 10.1 Å². The maximum Gasteiger partial charge on any atom is 0.244 e. The van der Waals surface area contributed by atoms with Gasteiger partial charge in [0.25, 0.3) is 0 Å². The first-order chi connectivity index (χ1) is 15.1. The van der Waals surface area contributed by atoms with Gasteiger partial charge in [0.2, 0.25) is 21.8 Å². The number of amides is 2. The normalized spacial score (nSPS) is 12.2. The fourth-order valence-corrected chi connectivity index (χ4v) is 4.21. The van der Waals surface area contributed by atoms with Crippen LogP contribution in [-0.4, -0.2) is 50.5 Å². The minimum absolute atomic E-state index is 0.0263.